The summed E-state index contributed by atoms with van der Waals surface area (Å²) in [5, 5.41) is 8.90. The monoisotopic (exact) mass is 222 g/mol. The fourth-order valence-electron chi connectivity index (χ4n) is 1.96. The maximum Gasteiger partial charge on any atom is 0.335 e. The topological polar surface area (TPSA) is 37.3 Å². The van der Waals surface area contributed by atoms with Crippen LogP contribution in [0.5, 0.6) is 0 Å². The van der Waals surface area contributed by atoms with Crippen LogP contribution < -0.4 is 0 Å². The molecular formula is C12H14O2S. The minimum Gasteiger partial charge on any atom is -0.478 e. The molecule has 0 aliphatic carbocycles. The molecule has 1 fully saturated rings. The molecule has 0 aromatic heterocycles. The van der Waals surface area contributed by atoms with Crippen LogP contribution in [0.25, 0.3) is 0 Å². The first-order chi connectivity index (χ1) is 7.27. The van der Waals surface area contributed by atoms with Crippen molar-refractivity contribution in [2.75, 3.05) is 11.5 Å². The molecule has 2 nitrogen and oxygen atoms in total. The van der Waals surface area contributed by atoms with E-state index in [9.17, 15) is 4.79 Å². The molecule has 1 aliphatic heterocycles. The number of carbonyl (C=O) groups is 1. The molecule has 0 bridgehead atoms. The average Bonchev–Trinajstić information content (AvgIpc) is 2.30. The molecule has 0 atom stereocenters. The molecule has 1 aromatic carbocycles. The van der Waals surface area contributed by atoms with Gasteiger partial charge >= 0.3 is 5.97 Å². The smallest absolute Gasteiger partial charge is 0.335 e. The highest BCUT2D eigenvalue weighted by atomic mass is 32.2. The molecule has 3 heteroatoms. The van der Waals surface area contributed by atoms with Crippen molar-refractivity contribution in [2.24, 2.45) is 0 Å². The minimum atomic E-state index is -0.831. The van der Waals surface area contributed by atoms with Crippen LogP contribution in [-0.4, -0.2) is 22.6 Å². The second-order valence-electron chi connectivity index (χ2n) is 3.82. The van der Waals surface area contributed by atoms with E-state index in [1.807, 2.05) is 30.0 Å². The normalized spacial score (nSPS) is 17.6. The molecule has 1 aliphatic rings. The third-order valence-electron chi connectivity index (χ3n) is 2.83. The van der Waals surface area contributed by atoms with Gasteiger partial charge in [-0.1, -0.05) is 12.1 Å². The summed E-state index contributed by atoms with van der Waals surface area (Å²) in [6, 6.07) is 7.38. The van der Waals surface area contributed by atoms with Crippen LogP contribution in [0, 0.1) is 0 Å². The zero-order chi connectivity index (χ0) is 10.7. The number of hydrogen-bond acceptors (Lipinski definition) is 2. The Hall–Kier alpha value is -0.960. The van der Waals surface area contributed by atoms with Gasteiger partial charge in [0, 0.05) is 0 Å². The fourth-order valence-corrected chi connectivity index (χ4v) is 3.06. The number of benzene rings is 1. The Morgan fingerprint density at radius 3 is 2.73 bits per heavy atom. The van der Waals surface area contributed by atoms with E-state index in [2.05, 4.69) is 0 Å². The molecule has 0 saturated carbocycles. The standard InChI is InChI=1S/C12H14O2S/c13-12(14)11-3-1-2-10(8-11)9-4-6-15-7-5-9/h1-3,8-9H,4-7H2,(H,13,14). The van der Waals surface area contributed by atoms with Gasteiger partial charge in [0.25, 0.3) is 0 Å². The van der Waals surface area contributed by atoms with Crippen molar-refractivity contribution in [3.63, 3.8) is 0 Å². The fraction of sp³-hybridized carbons (Fsp3) is 0.417. The van der Waals surface area contributed by atoms with Gasteiger partial charge in [-0.05, 0) is 48.0 Å². The lowest BCUT2D eigenvalue weighted by Crippen LogP contribution is -2.08. The number of hydrogen-bond donors (Lipinski definition) is 1. The molecule has 0 radical (unpaired) electrons. The summed E-state index contributed by atoms with van der Waals surface area (Å²) in [5.41, 5.74) is 1.60. The maximum absolute atomic E-state index is 10.8. The first kappa shape index (κ1) is 10.6. The molecule has 2 rings (SSSR count). The Kier molecular flexibility index (Phi) is 3.31. The Morgan fingerprint density at radius 2 is 2.07 bits per heavy atom. The summed E-state index contributed by atoms with van der Waals surface area (Å²) < 4.78 is 0. The van der Waals surface area contributed by atoms with Gasteiger partial charge < -0.3 is 5.11 Å². The van der Waals surface area contributed by atoms with E-state index in [1.54, 1.807) is 6.07 Å². The summed E-state index contributed by atoms with van der Waals surface area (Å²) in [4.78, 5) is 10.8. The largest absolute Gasteiger partial charge is 0.478 e. The van der Waals surface area contributed by atoms with E-state index in [4.69, 9.17) is 5.11 Å². The maximum atomic E-state index is 10.8. The SMILES string of the molecule is O=C(O)c1cccc(C2CCSCC2)c1. The predicted molar refractivity (Wildman–Crippen MR) is 62.7 cm³/mol. The summed E-state index contributed by atoms with van der Waals surface area (Å²) in [6.07, 6.45) is 2.35. The van der Waals surface area contributed by atoms with Crippen LogP contribution in [0.15, 0.2) is 24.3 Å². The quantitative estimate of drug-likeness (QED) is 0.835. The minimum absolute atomic E-state index is 0.408. The van der Waals surface area contributed by atoms with Crippen LogP contribution in [0.1, 0.15) is 34.7 Å². The molecule has 1 N–H and O–H groups in total. The number of carboxylic acid groups (broad SMARTS) is 1. The summed E-state index contributed by atoms with van der Waals surface area (Å²) in [6.45, 7) is 0. The summed E-state index contributed by atoms with van der Waals surface area (Å²) in [7, 11) is 0. The van der Waals surface area contributed by atoms with Crippen LogP contribution in [0.4, 0.5) is 0 Å². The summed E-state index contributed by atoms with van der Waals surface area (Å²) in [5.74, 6) is 2.12. The van der Waals surface area contributed by atoms with E-state index in [1.165, 1.54) is 29.9 Å². The Bertz CT molecular complexity index is 356. The van der Waals surface area contributed by atoms with Crippen molar-refractivity contribution in [1.29, 1.82) is 0 Å². The van der Waals surface area contributed by atoms with E-state index in [0.717, 1.165) is 0 Å². The van der Waals surface area contributed by atoms with Crippen LogP contribution in [-0.2, 0) is 0 Å². The van der Waals surface area contributed by atoms with Gasteiger partial charge in [-0.15, -0.1) is 0 Å². The van der Waals surface area contributed by atoms with Crippen LogP contribution in [0.2, 0.25) is 0 Å². The van der Waals surface area contributed by atoms with Crippen molar-refractivity contribution in [3.05, 3.63) is 35.4 Å². The molecule has 1 aromatic rings. The van der Waals surface area contributed by atoms with E-state index in [-0.39, 0.29) is 0 Å². The lowest BCUT2D eigenvalue weighted by Gasteiger charge is -2.21. The van der Waals surface area contributed by atoms with Gasteiger partial charge in [0.15, 0.2) is 0 Å². The van der Waals surface area contributed by atoms with Gasteiger partial charge in [0.05, 0.1) is 5.56 Å². The lowest BCUT2D eigenvalue weighted by atomic mass is 9.92. The Balaban J connectivity index is 2.19. The number of thioether (sulfide) groups is 1. The highest BCUT2D eigenvalue weighted by Gasteiger charge is 2.16. The zero-order valence-electron chi connectivity index (χ0n) is 8.48. The lowest BCUT2D eigenvalue weighted by molar-refractivity contribution is 0.0696. The van der Waals surface area contributed by atoms with Crippen molar-refractivity contribution >= 4 is 17.7 Å². The molecule has 80 valence electrons. The Morgan fingerprint density at radius 1 is 1.33 bits per heavy atom. The van der Waals surface area contributed by atoms with Gasteiger partial charge in [-0.3, -0.25) is 0 Å². The molecular weight excluding hydrogens is 208 g/mol. The van der Waals surface area contributed by atoms with Crippen LogP contribution >= 0.6 is 11.8 Å². The summed E-state index contributed by atoms with van der Waals surface area (Å²) >= 11 is 1.99. The van der Waals surface area contributed by atoms with E-state index < -0.39 is 5.97 Å². The average molecular weight is 222 g/mol. The third-order valence-corrected chi connectivity index (χ3v) is 3.88. The van der Waals surface area contributed by atoms with Gasteiger partial charge in [0.1, 0.15) is 0 Å². The molecule has 1 saturated heterocycles. The van der Waals surface area contributed by atoms with E-state index in [0.29, 0.717) is 11.5 Å². The van der Waals surface area contributed by atoms with Crippen molar-refractivity contribution < 1.29 is 9.90 Å². The number of aromatic carboxylic acids is 1. The number of carboxylic acids is 1. The van der Waals surface area contributed by atoms with Gasteiger partial charge in [-0.2, -0.15) is 11.8 Å². The number of rotatable bonds is 2. The highest BCUT2D eigenvalue weighted by Crippen LogP contribution is 2.31. The van der Waals surface area contributed by atoms with Crippen molar-refractivity contribution in [1.82, 2.24) is 0 Å². The van der Waals surface area contributed by atoms with Gasteiger partial charge in [-0.25, -0.2) is 4.79 Å². The molecule has 1 heterocycles. The Labute approximate surface area is 93.7 Å². The first-order valence-corrected chi connectivity index (χ1v) is 6.34. The zero-order valence-corrected chi connectivity index (χ0v) is 9.30. The van der Waals surface area contributed by atoms with Crippen molar-refractivity contribution in [3.8, 4) is 0 Å². The predicted octanol–water partition coefficient (Wildman–Crippen LogP) is 3.00. The molecule has 0 amide bonds. The van der Waals surface area contributed by atoms with Crippen LogP contribution in [0.3, 0.4) is 0 Å². The van der Waals surface area contributed by atoms with E-state index >= 15 is 0 Å². The second kappa shape index (κ2) is 4.71. The second-order valence-corrected chi connectivity index (χ2v) is 5.04. The van der Waals surface area contributed by atoms with Gasteiger partial charge in [0.2, 0.25) is 0 Å². The highest BCUT2D eigenvalue weighted by molar-refractivity contribution is 7.99. The molecule has 0 spiro atoms. The third kappa shape index (κ3) is 2.53. The first-order valence-electron chi connectivity index (χ1n) is 5.18. The molecule has 15 heavy (non-hydrogen) atoms. The molecule has 0 unspecified atom stereocenters. The van der Waals surface area contributed by atoms with Crippen molar-refractivity contribution in [2.45, 2.75) is 18.8 Å².